The second kappa shape index (κ2) is 5.96. The van der Waals surface area contributed by atoms with E-state index in [0.717, 1.165) is 12.0 Å². The van der Waals surface area contributed by atoms with Crippen LogP contribution < -0.4 is 0 Å². The first kappa shape index (κ1) is 15.0. The third kappa shape index (κ3) is 4.07. The Morgan fingerprint density at radius 1 is 1.20 bits per heavy atom. The van der Waals surface area contributed by atoms with E-state index in [1.807, 2.05) is 17.0 Å². The minimum Gasteiger partial charge on any atom is -0.393 e. The molecule has 1 aromatic carbocycles. The van der Waals surface area contributed by atoms with Gasteiger partial charge in [0.25, 0.3) is 5.91 Å². The van der Waals surface area contributed by atoms with Crippen LogP contribution in [0.3, 0.4) is 0 Å². The van der Waals surface area contributed by atoms with Crippen molar-refractivity contribution in [1.29, 1.82) is 0 Å². The second-order valence-corrected chi connectivity index (χ2v) is 6.96. The number of carbonyl (C=O) groups excluding carboxylic acids is 1. The first-order valence-corrected chi connectivity index (χ1v) is 7.41. The van der Waals surface area contributed by atoms with E-state index in [2.05, 4.69) is 32.9 Å². The first-order chi connectivity index (χ1) is 9.35. The van der Waals surface area contributed by atoms with Gasteiger partial charge in [0, 0.05) is 18.7 Å². The van der Waals surface area contributed by atoms with E-state index < -0.39 is 0 Å². The summed E-state index contributed by atoms with van der Waals surface area (Å²) in [6, 6.07) is 7.96. The minimum atomic E-state index is -0.242. The van der Waals surface area contributed by atoms with Gasteiger partial charge in [-0.3, -0.25) is 4.79 Å². The van der Waals surface area contributed by atoms with Gasteiger partial charge in [-0.15, -0.1) is 0 Å². The summed E-state index contributed by atoms with van der Waals surface area (Å²) >= 11 is 0. The van der Waals surface area contributed by atoms with Crippen molar-refractivity contribution in [3.05, 3.63) is 35.4 Å². The third-order valence-corrected chi connectivity index (χ3v) is 3.69. The average Bonchev–Trinajstić information content (AvgIpc) is 2.38. The van der Waals surface area contributed by atoms with E-state index >= 15 is 0 Å². The number of amides is 1. The van der Waals surface area contributed by atoms with Crippen LogP contribution in [-0.2, 0) is 6.42 Å². The molecule has 110 valence electrons. The molecule has 1 N–H and O–H groups in total. The summed E-state index contributed by atoms with van der Waals surface area (Å²) in [5, 5.41) is 9.49. The van der Waals surface area contributed by atoms with Crippen LogP contribution in [0.4, 0.5) is 0 Å². The number of aliphatic hydroxyl groups is 1. The molecule has 0 unspecified atom stereocenters. The molecule has 1 heterocycles. The third-order valence-electron chi connectivity index (χ3n) is 3.69. The lowest BCUT2D eigenvalue weighted by atomic mass is 9.88. The molecule has 1 saturated heterocycles. The zero-order valence-corrected chi connectivity index (χ0v) is 12.7. The molecule has 2 rings (SSSR count). The maximum atomic E-state index is 12.3. The number of hydrogen-bond donors (Lipinski definition) is 1. The molecule has 1 aliphatic rings. The highest BCUT2D eigenvalue weighted by Crippen LogP contribution is 2.21. The number of piperidine rings is 1. The highest BCUT2D eigenvalue weighted by Gasteiger charge is 2.22. The van der Waals surface area contributed by atoms with Gasteiger partial charge in [0.15, 0.2) is 0 Å². The number of carbonyl (C=O) groups is 1. The van der Waals surface area contributed by atoms with Crippen molar-refractivity contribution in [2.45, 2.75) is 46.1 Å². The molecule has 3 heteroatoms. The van der Waals surface area contributed by atoms with Crippen molar-refractivity contribution in [1.82, 2.24) is 4.90 Å². The van der Waals surface area contributed by atoms with E-state index in [1.165, 1.54) is 5.56 Å². The topological polar surface area (TPSA) is 40.5 Å². The van der Waals surface area contributed by atoms with Gasteiger partial charge in [0.05, 0.1) is 6.10 Å². The number of nitrogens with zero attached hydrogens (tertiary/aromatic N) is 1. The fourth-order valence-corrected chi connectivity index (χ4v) is 2.63. The molecule has 1 amide bonds. The molecule has 0 saturated carbocycles. The van der Waals surface area contributed by atoms with Crippen molar-refractivity contribution < 1.29 is 9.90 Å². The van der Waals surface area contributed by atoms with Gasteiger partial charge < -0.3 is 10.0 Å². The van der Waals surface area contributed by atoms with Crippen molar-refractivity contribution in [2.75, 3.05) is 13.1 Å². The Morgan fingerprint density at radius 2 is 1.75 bits per heavy atom. The molecule has 3 nitrogen and oxygen atoms in total. The predicted octanol–water partition coefficient (Wildman–Crippen LogP) is 2.87. The van der Waals surface area contributed by atoms with Crippen LogP contribution in [0.5, 0.6) is 0 Å². The lowest BCUT2D eigenvalue weighted by molar-refractivity contribution is 0.0546. The zero-order valence-electron chi connectivity index (χ0n) is 12.7. The van der Waals surface area contributed by atoms with Gasteiger partial charge in [-0.25, -0.2) is 0 Å². The molecule has 0 spiro atoms. The number of likely N-dealkylation sites (tertiary alicyclic amines) is 1. The van der Waals surface area contributed by atoms with Gasteiger partial charge >= 0.3 is 0 Å². The fraction of sp³-hybridized carbons (Fsp3) is 0.588. The minimum absolute atomic E-state index is 0.0826. The Balaban J connectivity index is 2.00. The SMILES string of the molecule is CC(C)(C)Cc1ccc(C(=O)N2CCC(O)CC2)cc1. The number of hydrogen-bond acceptors (Lipinski definition) is 2. The summed E-state index contributed by atoms with van der Waals surface area (Å²) < 4.78 is 0. The molecule has 0 aromatic heterocycles. The van der Waals surface area contributed by atoms with Gasteiger partial charge in [-0.2, -0.15) is 0 Å². The highest BCUT2D eigenvalue weighted by atomic mass is 16.3. The van der Waals surface area contributed by atoms with Gasteiger partial charge in [-0.05, 0) is 42.4 Å². The summed E-state index contributed by atoms with van der Waals surface area (Å²) in [7, 11) is 0. The number of benzene rings is 1. The normalized spacial score (nSPS) is 17.3. The van der Waals surface area contributed by atoms with Crippen LogP contribution in [0.25, 0.3) is 0 Å². The van der Waals surface area contributed by atoms with Crippen molar-refractivity contribution in [2.24, 2.45) is 5.41 Å². The Hall–Kier alpha value is -1.35. The summed E-state index contributed by atoms with van der Waals surface area (Å²) in [5.41, 5.74) is 2.27. The average molecular weight is 275 g/mol. The van der Waals surface area contributed by atoms with E-state index in [9.17, 15) is 9.90 Å². The van der Waals surface area contributed by atoms with E-state index in [0.29, 0.717) is 25.9 Å². The van der Waals surface area contributed by atoms with Crippen LogP contribution in [0.2, 0.25) is 0 Å². The molecular formula is C17H25NO2. The molecule has 1 aromatic rings. The van der Waals surface area contributed by atoms with Crippen LogP contribution >= 0.6 is 0 Å². The van der Waals surface area contributed by atoms with Crippen molar-refractivity contribution in [3.63, 3.8) is 0 Å². The maximum absolute atomic E-state index is 12.3. The predicted molar refractivity (Wildman–Crippen MR) is 80.7 cm³/mol. The monoisotopic (exact) mass is 275 g/mol. The van der Waals surface area contributed by atoms with Gasteiger partial charge in [0.1, 0.15) is 0 Å². The van der Waals surface area contributed by atoms with E-state index in [1.54, 1.807) is 0 Å². The molecule has 0 bridgehead atoms. The Labute approximate surface area is 121 Å². The van der Waals surface area contributed by atoms with Crippen LogP contribution in [0.1, 0.15) is 49.5 Å². The van der Waals surface area contributed by atoms with E-state index in [4.69, 9.17) is 0 Å². The molecule has 0 aliphatic carbocycles. The molecule has 1 aliphatic heterocycles. The standard InChI is InChI=1S/C17H25NO2/c1-17(2,3)12-13-4-6-14(7-5-13)16(20)18-10-8-15(19)9-11-18/h4-7,15,19H,8-12H2,1-3H3. The second-order valence-electron chi connectivity index (χ2n) is 6.96. The molecule has 0 atom stereocenters. The van der Waals surface area contributed by atoms with Crippen molar-refractivity contribution in [3.8, 4) is 0 Å². The van der Waals surface area contributed by atoms with Crippen LogP contribution in [-0.4, -0.2) is 35.1 Å². The summed E-state index contributed by atoms with van der Waals surface area (Å²) in [5.74, 6) is 0.0826. The number of rotatable bonds is 2. The summed E-state index contributed by atoms with van der Waals surface area (Å²) in [4.78, 5) is 14.2. The largest absolute Gasteiger partial charge is 0.393 e. The van der Waals surface area contributed by atoms with Gasteiger partial charge in [-0.1, -0.05) is 32.9 Å². The Bertz CT molecular complexity index is 451. The fourth-order valence-electron chi connectivity index (χ4n) is 2.63. The van der Waals surface area contributed by atoms with Crippen LogP contribution in [0.15, 0.2) is 24.3 Å². The van der Waals surface area contributed by atoms with Crippen LogP contribution in [0, 0.1) is 5.41 Å². The first-order valence-electron chi connectivity index (χ1n) is 7.41. The van der Waals surface area contributed by atoms with Gasteiger partial charge in [0.2, 0.25) is 0 Å². The maximum Gasteiger partial charge on any atom is 0.253 e. The summed E-state index contributed by atoms with van der Waals surface area (Å²) in [6.07, 6.45) is 2.15. The Morgan fingerprint density at radius 3 is 2.25 bits per heavy atom. The highest BCUT2D eigenvalue weighted by molar-refractivity contribution is 5.94. The molecular weight excluding hydrogens is 250 g/mol. The van der Waals surface area contributed by atoms with E-state index in [-0.39, 0.29) is 17.4 Å². The summed E-state index contributed by atoms with van der Waals surface area (Å²) in [6.45, 7) is 7.95. The zero-order chi connectivity index (χ0) is 14.8. The number of aliphatic hydroxyl groups excluding tert-OH is 1. The smallest absolute Gasteiger partial charge is 0.253 e. The quantitative estimate of drug-likeness (QED) is 0.901. The lowest BCUT2D eigenvalue weighted by Gasteiger charge is -2.29. The molecule has 0 radical (unpaired) electrons. The molecule has 20 heavy (non-hydrogen) atoms. The van der Waals surface area contributed by atoms with Crippen molar-refractivity contribution >= 4 is 5.91 Å². The Kier molecular flexibility index (Phi) is 4.48. The molecule has 1 fully saturated rings. The lowest BCUT2D eigenvalue weighted by Crippen LogP contribution is -2.40.